The third kappa shape index (κ3) is 3.39. The molecule has 0 unspecified atom stereocenters. The maximum Gasteiger partial charge on any atom is 0.351 e. The van der Waals surface area contributed by atoms with E-state index in [4.69, 9.17) is 9.84 Å². The number of hydrogen-bond acceptors (Lipinski definition) is 7. The number of ether oxygens (including phenoxy) is 1. The summed E-state index contributed by atoms with van der Waals surface area (Å²) in [6.45, 7) is 0.999. The number of rotatable bonds is 3. The third-order valence-corrected chi connectivity index (χ3v) is 2.83. The lowest BCUT2D eigenvalue weighted by atomic mass is 10.2. The first-order valence-corrected chi connectivity index (χ1v) is 5.82. The molecule has 1 aliphatic heterocycles. The molecule has 9 heteroatoms. The van der Waals surface area contributed by atoms with E-state index in [1.807, 2.05) is 0 Å². The lowest BCUT2D eigenvalue weighted by Gasteiger charge is -2.14. The quantitative estimate of drug-likeness (QED) is 0.557. The van der Waals surface area contributed by atoms with Crippen LogP contribution in [0.1, 0.15) is 19.6 Å². The van der Waals surface area contributed by atoms with E-state index >= 15 is 0 Å². The van der Waals surface area contributed by atoms with Gasteiger partial charge in [-0.05, 0) is 6.07 Å². The van der Waals surface area contributed by atoms with Gasteiger partial charge in [0.2, 0.25) is 5.91 Å². The van der Waals surface area contributed by atoms with Crippen LogP contribution >= 0.6 is 0 Å². The average Bonchev–Trinajstić information content (AvgIpc) is 2.69. The molecule has 1 aliphatic rings. The highest BCUT2D eigenvalue weighted by molar-refractivity contribution is 5.87. The Morgan fingerprint density at radius 2 is 2.35 bits per heavy atom. The summed E-state index contributed by atoms with van der Waals surface area (Å²) in [4.78, 5) is 26.3. The number of anilines is 1. The molecule has 0 bridgehead atoms. The van der Waals surface area contributed by atoms with Crippen LogP contribution in [0.25, 0.3) is 0 Å². The van der Waals surface area contributed by atoms with Crippen LogP contribution in [0.2, 0.25) is 0 Å². The molecule has 2 heterocycles. The van der Waals surface area contributed by atoms with Gasteiger partial charge in [0, 0.05) is 19.5 Å². The molecular weight excluding hydrogens is 268 g/mol. The van der Waals surface area contributed by atoms with Crippen LogP contribution in [0.5, 0.6) is 0 Å². The van der Waals surface area contributed by atoms with E-state index in [-0.39, 0.29) is 30.9 Å². The Bertz CT molecular complexity index is 532. The molecule has 0 radical (unpaired) electrons. The summed E-state index contributed by atoms with van der Waals surface area (Å²) in [7, 11) is 0. The molecule has 0 aromatic carbocycles. The number of carbonyl (C=O) groups is 1. The summed E-state index contributed by atoms with van der Waals surface area (Å²) in [5.74, 6) is -0.163. The highest BCUT2D eigenvalue weighted by Gasteiger charge is 2.34. The SMILES string of the molecule is CC(=O)Nc1ccn([C@H]2C[C@H](O)[C@@H](CO)O2)c(=O)n1.N. The van der Waals surface area contributed by atoms with Crippen LogP contribution in [-0.4, -0.2) is 44.5 Å². The van der Waals surface area contributed by atoms with Gasteiger partial charge in [0.15, 0.2) is 0 Å². The number of aliphatic hydroxyl groups excluding tert-OH is 2. The van der Waals surface area contributed by atoms with Crippen molar-refractivity contribution in [1.82, 2.24) is 15.7 Å². The maximum atomic E-state index is 11.8. The van der Waals surface area contributed by atoms with Crippen LogP contribution in [0.15, 0.2) is 17.1 Å². The van der Waals surface area contributed by atoms with E-state index in [1.165, 1.54) is 23.8 Å². The Kier molecular flexibility index (Phi) is 5.34. The zero-order valence-corrected chi connectivity index (χ0v) is 11.0. The van der Waals surface area contributed by atoms with Gasteiger partial charge in [-0.25, -0.2) is 4.79 Å². The van der Waals surface area contributed by atoms with E-state index in [1.54, 1.807) is 0 Å². The molecule has 6 N–H and O–H groups in total. The van der Waals surface area contributed by atoms with Crippen molar-refractivity contribution in [1.29, 1.82) is 0 Å². The molecule has 112 valence electrons. The van der Waals surface area contributed by atoms with E-state index < -0.39 is 24.1 Å². The fourth-order valence-corrected chi connectivity index (χ4v) is 1.93. The summed E-state index contributed by atoms with van der Waals surface area (Å²) in [5.41, 5.74) is -0.595. The Morgan fingerprint density at radius 3 is 2.85 bits per heavy atom. The zero-order valence-electron chi connectivity index (χ0n) is 11.0. The molecule has 9 nitrogen and oxygen atoms in total. The van der Waals surface area contributed by atoms with E-state index in [9.17, 15) is 14.7 Å². The molecule has 0 aliphatic carbocycles. The molecule has 1 amide bonds. The van der Waals surface area contributed by atoms with Gasteiger partial charge >= 0.3 is 5.69 Å². The second-order valence-corrected chi connectivity index (χ2v) is 4.30. The number of nitrogens with zero attached hydrogens (tertiary/aromatic N) is 2. The van der Waals surface area contributed by atoms with E-state index in [0.29, 0.717) is 0 Å². The van der Waals surface area contributed by atoms with E-state index in [2.05, 4.69) is 10.3 Å². The van der Waals surface area contributed by atoms with Crippen molar-refractivity contribution in [2.45, 2.75) is 31.8 Å². The predicted molar refractivity (Wildman–Crippen MR) is 69.4 cm³/mol. The smallest absolute Gasteiger partial charge is 0.351 e. The number of amides is 1. The Morgan fingerprint density at radius 1 is 1.65 bits per heavy atom. The minimum atomic E-state index is -0.822. The molecular formula is C11H18N4O5. The molecule has 20 heavy (non-hydrogen) atoms. The second-order valence-electron chi connectivity index (χ2n) is 4.30. The lowest BCUT2D eigenvalue weighted by molar-refractivity contribution is -0.114. The first-order valence-electron chi connectivity index (χ1n) is 5.82. The van der Waals surface area contributed by atoms with Crippen LogP contribution in [0.3, 0.4) is 0 Å². The van der Waals surface area contributed by atoms with Gasteiger partial charge in [-0.15, -0.1) is 0 Å². The maximum absolute atomic E-state index is 11.8. The minimum absolute atomic E-state index is 0. The Hall–Kier alpha value is -1.81. The molecule has 3 atom stereocenters. The predicted octanol–water partition coefficient (Wildman–Crippen LogP) is -0.996. The van der Waals surface area contributed by atoms with Gasteiger partial charge in [-0.3, -0.25) is 9.36 Å². The first-order chi connectivity index (χ1) is 9.01. The van der Waals surface area contributed by atoms with Gasteiger partial charge in [0.25, 0.3) is 0 Å². The van der Waals surface area contributed by atoms with Gasteiger partial charge in [-0.1, -0.05) is 0 Å². The van der Waals surface area contributed by atoms with Gasteiger partial charge < -0.3 is 26.4 Å². The number of aliphatic hydroxyl groups is 2. The topological polar surface area (TPSA) is 149 Å². The molecule has 0 saturated carbocycles. The lowest BCUT2D eigenvalue weighted by Crippen LogP contribution is -2.28. The normalized spacial score (nSPS) is 25.1. The average molecular weight is 286 g/mol. The molecule has 2 rings (SSSR count). The van der Waals surface area contributed by atoms with Crippen molar-refractivity contribution < 1.29 is 19.7 Å². The van der Waals surface area contributed by atoms with Crippen molar-refractivity contribution in [2.75, 3.05) is 11.9 Å². The fourth-order valence-electron chi connectivity index (χ4n) is 1.93. The monoisotopic (exact) mass is 286 g/mol. The van der Waals surface area contributed by atoms with Crippen molar-refractivity contribution in [3.8, 4) is 0 Å². The van der Waals surface area contributed by atoms with Crippen molar-refractivity contribution >= 4 is 11.7 Å². The standard InChI is InChI=1S/C11H15N3O5.H3N/c1-6(16)12-9-2-3-14(11(18)13-9)10-4-7(17)8(5-15)19-10;/h2-3,7-8,10,15,17H,4-5H2,1H3,(H,12,13,16,18);1H3/t7-,8+,10+;/m0./s1. The van der Waals surface area contributed by atoms with Crippen molar-refractivity contribution in [3.05, 3.63) is 22.7 Å². The summed E-state index contributed by atoms with van der Waals surface area (Å²) in [6, 6.07) is 1.46. The van der Waals surface area contributed by atoms with Crippen LogP contribution < -0.4 is 17.2 Å². The van der Waals surface area contributed by atoms with Gasteiger partial charge in [0.05, 0.1) is 12.7 Å². The Labute approximate surface area is 114 Å². The molecule has 1 saturated heterocycles. The van der Waals surface area contributed by atoms with Crippen molar-refractivity contribution in [2.24, 2.45) is 0 Å². The van der Waals surface area contributed by atoms with Crippen LogP contribution in [0, 0.1) is 0 Å². The largest absolute Gasteiger partial charge is 0.394 e. The highest BCUT2D eigenvalue weighted by Crippen LogP contribution is 2.27. The molecule has 0 spiro atoms. The summed E-state index contributed by atoms with van der Waals surface area (Å²) < 4.78 is 6.56. The molecule has 1 aromatic rings. The number of carbonyl (C=O) groups excluding carboxylic acids is 1. The third-order valence-electron chi connectivity index (χ3n) is 2.83. The number of nitrogens with one attached hydrogen (secondary N) is 1. The summed E-state index contributed by atoms with van der Waals surface area (Å²) in [6.07, 6.45) is -0.563. The number of aromatic nitrogens is 2. The highest BCUT2D eigenvalue weighted by atomic mass is 16.5. The summed E-state index contributed by atoms with van der Waals surface area (Å²) in [5, 5.41) is 21.0. The van der Waals surface area contributed by atoms with Crippen LogP contribution in [0.4, 0.5) is 5.82 Å². The molecule has 1 fully saturated rings. The van der Waals surface area contributed by atoms with E-state index in [0.717, 1.165) is 0 Å². The Balaban J connectivity index is 0.00000200. The first kappa shape index (κ1) is 16.2. The fraction of sp³-hybridized carbons (Fsp3) is 0.545. The second kappa shape index (κ2) is 6.57. The molecule has 1 aromatic heterocycles. The minimum Gasteiger partial charge on any atom is -0.394 e. The number of hydrogen-bond donors (Lipinski definition) is 4. The van der Waals surface area contributed by atoms with Crippen molar-refractivity contribution in [3.63, 3.8) is 0 Å². The van der Waals surface area contributed by atoms with Crippen LogP contribution in [-0.2, 0) is 9.53 Å². The van der Waals surface area contributed by atoms with Gasteiger partial charge in [0.1, 0.15) is 18.1 Å². The summed E-state index contributed by atoms with van der Waals surface area (Å²) >= 11 is 0. The van der Waals surface area contributed by atoms with Gasteiger partial charge in [-0.2, -0.15) is 4.98 Å². The zero-order chi connectivity index (χ0) is 14.0.